The molecule has 4 nitrogen and oxygen atoms in total. The van der Waals surface area contributed by atoms with Crippen molar-refractivity contribution in [2.24, 2.45) is 0 Å². The van der Waals surface area contributed by atoms with Gasteiger partial charge in [0.05, 0.1) is 4.88 Å². The molecule has 0 unspecified atom stereocenters. The molecule has 0 atom stereocenters. The fraction of sp³-hybridized carbons (Fsp3) is 0.214. The summed E-state index contributed by atoms with van der Waals surface area (Å²) in [5.74, 6) is -0.351. The molecule has 0 radical (unpaired) electrons. The normalized spacial score (nSPS) is 10.4. The average Bonchev–Trinajstić information content (AvgIpc) is 2.80. The minimum atomic E-state index is -0.141. The summed E-state index contributed by atoms with van der Waals surface area (Å²) >= 11 is 1.42. The number of phenolic OH excluding ortho intramolecular Hbond substituents is 2. The second-order valence-corrected chi connectivity index (χ2v) is 5.18. The second-order valence-electron chi connectivity index (χ2n) is 4.26. The van der Waals surface area contributed by atoms with Gasteiger partial charge in [-0.2, -0.15) is 0 Å². The SMILES string of the molecule is Cc1ccsc1C(=O)NCCc1ccc(O)c(O)c1. The molecule has 5 heteroatoms. The molecule has 2 rings (SSSR count). The van der Waals surface area contributed by atoms with Crippen LogP contribution in [0.15, 0.2) is 29.6 Å². The highest BCUT2D eigenvalue weighted by molar-refractivity contribution is 7.12. The van der Waals surface area contributed by atoms with E-state index < -0.39 is 0 Å². The smallest absolute Gasteiger partial charge is 0.261 e. The molecular weight excluding hydrogens is 262 g/mol. The highest BCUT2D eigenvalue weighted by Crippen LogP contribution is 2.24. The number of amides is 1. The highest BCUT2D eigenvalue weighted by atomic mass is 32.1. The molecule has 19 heavy (non-hydrogen) atoms. The van der Waals surface area contributed by atoms with Gasteiger partial charge in [-0.3, -0.25) is 4.79 Å². The van der Waals surface area contributed by atoms with Crippen LogP contribution in [0.3, 0.4) is 0 Å². The molecule has 1 amide bonds. The Hall–Kier alpha value is -2.01. The van der Waals surface area contributed by atoms with Gasteiger partial charge in [0, 0.05) is 6.54 Å². The maximum Gasteiger partial charge on any atom is 0.261 e. The zero-order chi connectivity index (χ0) is 13.8. The Morgan fingerprint density at radius 2 is 2.05 bits per heavy atom. The lowest BCUT2D eigenvalue weighted by atomic mass is 10.1. The van der Waals surface area contributed by atoms with Crippen LogP contribution >= 0.6 is 11.3 Å². The predicted molar refractivity (Wildman–Crippen MR) is 74.9 cm³/mol. The second kappa shape index (κ2) is 5.75. The van der Waals surface area contributed by atoms with Crippen molar-refractivity contribution in [3.8, 4) is 11.5 Å². The molecule has 1 aromatic carbocycles. The predicted octanol–water partition coefficient (Wildman–Crippen LogP) is 2.44. The van der Waals surface area contributed by atoms with Gasteiger partial charge in [0.1, 0.15) is 0 Å². The zero-order valence-corrected chi connectivity index (χ0v) is 11.3. The molecular formula is C14H15NO3S. The third-order valence-electron chi connectivity index (χ3n) is 2.81. The monoisotopic (exact) mass is 277 g/mol. The third kappa shape index (κ3) is 3.26. The lowest BCUT2D eigenvalue weighted by molar-refractivity contribution is 0.0957. The Balaban J connectivity index is 1.88. The van der Waals surface area contributed by atoms with E-state index in [2.05, 4.69) is 5.32 Å². The Bertz CT molecular complexity index is 592. The van der Waals surface area contributed by atoms with E-state index in [1.807, 2.05) is 18.4 Å². The van der Waals surface area contributed by atoms with Gasteiger partial charge in [-0.25, -0.2) is 0 Å². The number of carbonyl (C=O) groups is 1. The van der Waals surface area contributed by atoms with Gasteiger partial charge in [-0.05, 0) is 48.1 Å². The van der Waals surface area contributed by atoms with Crippen molar-refractivity contribution in [3.63, 3.8) is 0 Å². The molecule has 2 aromatic rings. The van der Waals surface area contributed by atoms with Gasteiger partial charge in [-0.15, -0.1) is 11.3 Å². The van der Waals surface area contributed by atoms with E-state index in [-0.39, 0.29) is 17.4 Å². The van der Waals surface area contributed by atoms with Crippen LogP contribution in [0.25, 0.3) is 0 Å². The minimum absolute atomic E-state index is 0.0736. The highest BCUT2D eigenvalue weighted by Gasteiger charge is 2.09. The summed E-state index contributed by atoms with van der Waals surface area (Å²) in [5.41, 5.74) is 1.84. The molecule has 0 aliphatic heterocycles. The maximum atomic E-state index is 11.8. The van der Waals surface area contributed by atoms with Crippen molar-refractivity contribution in [1.29, 1.82) is 0 Å². The standard InChI is InChI=1S/C14H15NO3S/c1-9-5-7-19-13(9)14(18)15-6-4-10-2-3-11(16)12(17)8-10/h2-3,5,7-8,16-17H,4,6H2,1H3,(H,15,18). The van der Waals surface area contributed by atoms with Crippen molar-refractivity contribution in [1.82, 2.24) is 5.32 Å². The summed E-state index contributed by atoms with van der Waals surface area (Å²) in [7, 11) is 0. The van der Waals surface area contributed by atoms with Crippen LogP contribution in [-0.4, -0.2) is 22.7 Å². The zero-order valence-electron chi connectivity index (χ0n) is 10.5. The van der Waals surface area contributed by atoms with Gasteiger partial charge in [-0.1, -0.05) is 6.07 Å². The molecule has 100 valence electrons. The summed E-state index contributed by atoms with van der Waals surface area (Å²) in [6.07, 6.45) is 0.601. The van der Waals surface area contributed by atoms with Gasteiger partial charge >= 0.3 is 0 Å². The summed E-state index contributed by atoms with van der Waals surface area (Å²) < 4.78 is 0. The van der Waals surface area contributed by atoms with E-state index in [1.54, 1.807) is 6.07 Å². The van der Waals surface area contributed by atoms with Crippen LogP contribution in [-0.2, 0) is 6.42 Å². The number of nitrogens with one attached hydrogen (secondary N) is 1. The molecule has 1 aromatic heterocycles. The Morgan fingerprint density at radius 3 is 2.68 bits per heavy atom. The number of rotatable bonds is 4. The van der Waals surface area contributed by atoms with Gasteiger partial charge in [0.2, 0.25) is 0 Å². The Morgan fingerprint density at radius 1 is 1.26 bits per heavy atom. The van der Waals surface area contributed by atoms with Crippen molar-refractivity contribution < 1.29 is 15.0 Å². The quantitative estimate of drug-likeness (QED) is 0.752. The number of benzene rings is 1. The number of hydrogen-bond donors (Lipinski definition) is 3. The van der Waals surface area contributed by atoms with E-state index in [1.165, 1.54) is 23.5 Å². The Kier molecular flexibility index (Phi) is 4.06. The molecule has 0 saturated carbocycles. The molecule has 0 spiro atoms. The number of hydrogen-bond acceptors (Lipinski definition) is 4. The first kappa shape index (κ1) is 13.4. The fourth-order valence-corrected chi connectivity index (χ4v) is 2.57. The van der Waals surface area contributed by atoms with Gasteiger partial charge in [0.15, 0.2) is 11.5 Å². The van der Waals surface area contributed by atoms with Crippen molar-refractivity contribution in [2.45, 2.75) is 13.3 Å². The minimum Gasteiger partial charge on any atom is -0.504 e. The number of aryl methyl sites for hydroxylation is 1. The molecule has 1 heterocycles. The topological polar surface area (TPSA) is 69.6 Å². The van der Waals surface area contributed by atoms with E-state index in [0.717, 1.165) is 16.0 Å². The molecule has 0 aliphatic rings. The van der Waals surface area contributed by atoms with E-state index in [0.29, 0.717) is 13.0 Å². The van der Waals surface area contributed by atoms with Crippen LogP contribution in [0.4, 0.5) is 0 Å². The number of aromatic hydroxyl groups is 2. The van der Waals surface area contributed by atoms with Crippen LogP contribution in [0, 0.1) is 6.92 Å². The molecule has 3 N–H and O–H groups in total. The van der Waals surface area contributed by atoms with Gasteiger partial charge in [0.25, 0.3) is 5.91 Å². The summed E-state index contributed by atoms with van der Waals surface area (Å²) in [4.78, 5) is 12.6. The lowest BCUT2D eigenvalue weighted by Gasteiger charge is -2.06. The number of thiophene rings is 1. The van der Waals surface area contributed by atoms with Crippen LogP contribution in [0.2, 0.25) is 0 Å². The fourth-order valence-electron chi connectivity index (χ4n) is 1.73. The molecule has 0 saturated heterocycles. The van der Waals surface area contributed by atoms with Crippen LogP contribution < -0.4 is 5.32 Å². The first-order chi connectivity index (χ1) is 9.08. The van der Waals surface area contributed by atoms with Crippen molar-refractivity contribution >= 4 is 17.2 Å². The molecule has 0 aliphatic carbocycles. The van der Waals surface area contributed by atoms with E-state index in [9.17, 15) is 15.0 Å². The summed E-state index contributed by atoms with van der Waals surface area (Å²) in [6.45, 7) is 2.39. The average molecular weight is 277 g/mol. The molecule has 0 bridgehead atoms. The first-order valence-corrected chi connectivity index (χ1v) is 6.79. The van der Waals surface area contributed by atoms with Crippen LogP contribution in [0.5, 0.6) is 11.5 Å². The van der Waals surface area contributed by atoms with E-state index >= 15 is 0 Å². The number of phenols is 2. The van der Waals surface area contributed by atoms with Crippen molar-refractivity contribution in [3.05, 3.63) is 45.6 Å². The third-order valence-corrected chi connectivity index (χ3v) is 3.82. The lowest BCUT2D eigenvalue weighted by Crippen LogP contribution is -2.25. The Labute approximate surface area is 115 Å². The van der Waals surface area contributed by atoms with E-state index in [4.69, 9.17) is 0 Å². The summed E-state index contributed by atoms with van der Waals surface area (Å²) in [5, 5.41) is 23.3. The van der Waals surface area contributed by atoms with Crippen molar-refractivity contribution in [2.75, 3.05) is 6.54 Å². The summed E-state index contributed by atoms with van der Waals surface area (Å²) in [6, 6.07) is 6.57. The molecule has 0 fully saturated rings. The maximum absolute atomic E-state index is 11.8. The largest absolute Gasteiger partial charge is 0.504 e. The first-order valence-electron chi connectivity index (χ1n) is 5.91. The van der Waals surface area contributed by atoms with Gasteiger partial charge < -0.3 is 15.5 Å². The number of carbonyl (C=O) groups excluding carboxylic acids is 1. The van der Waals surface area contributed by atoms with Crippen LogP contribution in [0.1, 0.15) is 20.8 Å².